The summed E-state index contributed by atoms with van der Waals surface area (Å²) >= 11 is 0. The molecule has 33 heavy (non-hydrogen) atoms. The van der Waals surface area contributed by atoms with Crippen LogP contribution in [0.2, 0.25) is 0 Å². The minimum atomic E-state index is -1.17. The molecule has 0 aliphatic carbocycles. The van der Waals surface area contributed by atoms with E-state index in [0.717, 1.165) is 25.7 Å². The minimum Gasteiger partial charge on any atom is -0.465 e. The predicted molar refractivity (Wildman–Crippen MR) is 121 cm³/mol. The summed E-state index contributed by atoms with van der Waals surface area (Å²) in [5, 5.41) is 9.12. The van der Waals surface area contributed by atoms with Crippen LogP contribution in [0.5, 0.6) is 0 Å². The highest BCUT2D eigenvalue weighted by molar-refractivity contribution is 5.99. The van der Waals surface area contributed by atoms with Gasteiger partial charge in [0, 0.05) is 26.2 Å². The molecule has 0 aromatic carbocycles. The van der Waals surface area contributed by atoms with Gasteiger partial charge in [0.1, 0.15) is 17.6 Å². The quantitative estimate of drug-likeness (QED) is 0.320. The van der Waals surface area contributed by atoms with Crippen molar-refractivity contribution < 1.29 is 29.0 Å². The van der Waals surface area contributed by atoms with Crippen LogP contribution >= 0.6 is 0 Å². The molecular weight excluding hydrogens is 424 g/mol. The van der Waals surface area contributed by atoms with Crippen molar-refractivity contribution in [2.75, 3.05) is 32.8 Å². The maximum absolute atomic E-state index is 13.9. The number of aliphatic hydroxyl groups excluding tert-OH is 1. The van der Waals surface area contributed by atoms with Crippen molar-refractivity contribution in [1.82, 2.24) is 9.80 Å². The van der Waals surface area contributed by atoms with E-state index in [2.05, 4.69) is 6.92 Å². The molecule has 4 heterocycles. The summed E-state index contributed by atoms with van der Waals surface area (Å²) in [6.07, 6.45) is 12.7. The van der Waals surface area contributed by atoms with Gasteiger partial charge >= 0.3 is 5.97 Å². The van der Waals surface area contributed by atoms with Crippen LogP contribution in [0, 0.1) is 11.8 Å². The summed E-state index contributed by atoms with van der Waals surface area (Å²) in [7, 11) is 0. The first-order chi connectivity index (χ1) is 16.0. The van der Waals surface area contributed by atoms with Crippen molar-refractivity contribution in [2.24, 2.45) is 11.8 Å². The number of carbonyl (C=O) groups is 3. The van der Waals surface area contributed by atoms with Gasteiger partial charge in [-0.25, -0.2) is 0 Å². The minimum absolute atomic E-state index is 0.0991. The van der Waals surface area contributed by atoms with E-state index >= 15 is 0 Å². The molecule has 182 valence electrons. The zero-order chi connectivity index (χ0) is 23.4. The Balaban J connectivity index is 1.69. The molecule has 1 unspecified atom stereocenters. The van der Waals surface area contributed by atoms with Gasteiger partial charge in [-0.15, -0.1) is 0 Å². The number of amides is 2. The highest BCUT2D eigenvalue weighted by Gasteiger charge is 2.71. The fourth-order valence-corrected chi connectivity index (χ4v) is 5.72. The van der Waals surface area contributed by atoms with Gasteiger partial charge in [0.2, 0.25) is 11.8 Å². The van der Waals surface area contributed by atoms with Crippen LogP contribution in [0.4, 0.5) is 0 Å². The van der Waals surface area contributed by atoms with Gasteiger partial charge < -0.3 is 24.4 Å². The third-order valence-electron chi connectivity index (χ3n) is 7.29. The summed E-state index contributed by atoms with van der Waals surface area (Å²) in [6, 6.07) is -0.793. The Bertz CT molecular complexity index is 811. The molecule has 4 aliphatic heterocycles. The standard InChI is InChI=1S/C25H36N2O6/c1-2-3-6-13-26-14-10-12-25-20(19-18(33-25)11-5-9-17-32-24(19)31)22(29)27(21(25)23(26)30)15-7-4-8-16-28/h5,10-12,18-21,28H,2-4,6-9,13-17H2,1H3/t18-,19+,20+,21?,25+/m1/s1. The largest absolute Gasteiger partial charge is 0.465 e. The lowest BCUT2D eigenvalue weighted by molar-refractivity contribution is -0.155. The Hall–Kier alpha value is -2.19. The number of aliphatic hydroxyl groups is 1. The molecule has 4 aliphatic rings. The van der Waals surface area contributed by atoms with Crippen molar-refractivity contribution in [3.63, 3.8) is 0 Å². The highest BCUT2D eigenvalue weighted by atomic mass is 16.6. The fourth-order valence-electron chi connectivity index (χ4n) is 5.72. The lowest BCUT2D eigenvalue weighted by Gasteiger charge is -2.35. The number of ether oxygens (including phenoxy) is 2. The summed E-state index contributed by atoms with van der Waals surface area (Å²) in [5.74, 6) is -2.29. The van der Waals surface area contributed by atoms with Crippen molar-refractivity contribution in [3.05, 3.63) is 24.3 Å². The average molecular weight is 461 g/mol. The number of unbranched alkanes of at least 4 members (excludes halogenated alkanes) is 4. The molecule has 2 fully saturated rings. The van der Waals surface area contributed by atoms with Crippen molar-refractivity contribution >= 4 is 17.8 Å². The number of fused-ring (bicyclic) bond motifs is 2. The van der Waals surface area contributed by atoms with Gasteiger partial charge in [-0.3, -0.25) is 14.4 Å². The summed E-state index contributed by atoms with van der Waals surface area (Å²) in [6.45, 7) is 4.01. The molecule has 1 spiro atoms. The highest BCUT2D eigenvalue weighted by Crippen LogP contribution is 2.53. The first-order valence-electron chi connectivity index (χ1n) is 12.4. The zero-order valence-electron chi connectivity index (χ0n) is 19.5. The van der Waals surface area contributed by atoms with E-state index < -0.39 is 35.6 Å². The van der Waals surface area contributed by atoms with E-state index in [0.29, 0.717) is 38.9 Å². The van der Waals surface area contributed by atoms with E-state index in [1.54, 1.807) is 4.90 Å². The Morgan fingerprint density at radius 2 is 1.88 bits per heavy atom. The molecule has 2 amide bonds. The molecule has 1 N–H and O–H groups in total. The van der Waals surface area contributed by atoms with Gasteiger partial charge in [0.25, 0.3) is 0 Å². The van der Waals surface area contributed by atoms with Crippen LogP contribution in [-0.4, -0.2) is 83.3 Å². The lowest BCUT2D eigenvalue weighted by Crippen LogP contribution is -2.55. The average Bonchev–Trinajstić information content (AvgIpc) is 3.17. The first-order valence-corrected chi connectivity index (χ1v) is 12.4. The van der Waals surface area contributed by atoms with Gasteiger partial charge in [-0.1, -0.05) is 44.1 Å². The van der Waals surface area contributed by atoms with Crippen LogP contribution in [0.25, 0.3) is 0 Å². The Morgan fingerprint density at radius 1 is 1.06 bits per heavy atom. The SMILES string of the molecule is CCCCCN1CC=C[C@]23O[C@@H]4C=CCCOC(=O)[C@@H]4[C@H]2C(=O)N(CCCCCO)C3C1=O. The molecule has 8 heteroatoms. The number of likely N-dealkylation sites (tertiary alicyclic amines) is 1. The second kappa shape index (κ2) is 10.4. The van der Waals surface area contributed by atoms with Crippen LogP contribution < -0.4 is 0 Å². The lowest BCUT2D eigenvalue weighted by atomic mass is 9.77. The van der Waals surface area contributed by atoms with E-state index in [1.165, 1.54) is 0 Å². The van der Waals surface area contributed by atoms with E-state index in [9.17, 15) is 14.4 Å². The molecule has 0 saturated carbocycles. The normalized spacial score (nSPS) is 33.3. The Morgan fingerprint density at radius 3 is 2.67 bits per heavy atom. The third-order valence-corrected chi connectivity index (χ3v) is 7.29. The second-order valence-electron chi connectivity index (χ2n) is 9.44. The van der Waals surface area contributed by atoms with Crippen LogP contribution in [0.3, 0.4) is 0 Å². The number of nitrogens with zero attached hydrogens (tertiary/aromatic N) is 2. The Kier molecular flexibility index (Phi) is 7.54. The summed E-state index contributed by atoms with van der Waals surface area (Å²) in [4.78, 5) is 44.1. The fraction of sp³-hybridized carbons (Fsp3) is 0.720. The van der Waals surface area contributed by atoms with Crippen LogP contribution in [0.1, 0.15) is 51.9 Å². The molecule has 0 radical (unpaired) electrons. The first kappa shape index (κ1) is 24.0. The number of carbonyl (C=O) groups excluding carboxylic acids is 3. The van der Waals surface area contributed by atoms with E-state index in [-0.39, 0.29) is 25.0 Å². The van der Waals surface area contributed by atoms with Gasteiger partial charge in [-0.05, 0) is 32.1 Å². The zero-order valence-corrected chi connectivity index (χ0v) is 19.5. The maximum atomic E-state index is 13.9. The number of hydrogen-bond donors (Lipinski definition) is 1. The third kappa shape index (κ3) is 4.35. The maximum Gasteiger partial charge on any atom is 0.312 e. The molecule has 2 saturated heterocycles. The van der Waals surface area contributed by atoms with Crippen molar-refractivity contribution in [1.29, 1.82) is 0 Å². The van der Waals surface area contributed by atoms with Crippen LogP contribution in [-0.2, 0) is 23.9 Å². The molecule has 0 aromatic heterocycles. The van der Waals surface area contributed by atoms with E-state index in [4.69, 9.17) is 14.6 Å². The molecule has 0 bridgehead atoms. The summed E-state index contributed by atoms with van der Waals surface area (Å²) in [5.41, 5.74) is -1.17. The topological polar surface area (TPSA) is 96.4 Å². The number of hydrogen-bond acceptors (Lipinski definition) is 6. The van der Waals surface area contributed by atoms with Gasteiger partial charge in [-0.2, -0.15) is 0 Å². The molecule has 4 rings (SSSR count). The monoisotopic (exact) mass is 460 g/mol. The second-order valence-corrected chi connectivity index (χ2v) is 9.44. The van der Waals surface area contributed by atoms with Crippen molar-refractivity contribution in [2.45, 2.75) is 69.6 Å². The molecule has 5 atom stereocenters. The predicted octanol–water partition coefficient (Wildman–Crippen LogP) is 1.82. The number of rotatable bonds is 9. The van der Waals surface area contributed by atoms with Crippen molar-refractivity contribution in [3.8, 4) is 0 Å². The smallest absolute Gasteiger partial charge is 0.312 e. The number of esters is 1. The Labute approximate surface area is 195 Å². The molecule has 8 nitrogen and oxygen atoms in total. The number of cyclic esters (lactones) is 1. The summed E-state index contributed by atoms with van der Waals surface area (Å²) < 4.78 is 11.9. The van der Waals surface area contributed by atoms with E-state index in [1.807, 2.05) is 29.2 Å². The van der Waals surface area contributed by atoms with Gasteiger partial charge in [0.05, 0.1) is 18.6 Å². The van der Waals surface area contributed by atoms with Crippen LogP contribution in [0.15, 0.2) is 24.3 Å². The molecule has 0 aromatic rings. The van der Waals surface area contributed by atoms with Gasteiger partial charge in [0.15, 0.2) is 0 Å². The molecular formula is C25H36N2O6.